The van der Waals surface area contributed by atoms with Crippen LogP contribution in [0.5, 0.6) is 5.88 Å². The number of ether oxygens (including phenoxy) is 1. The lowest BCUT2D eigenvalue weighted by Gasteiger charge is -2.12. The summed E-state index contributed by atoms with van der Waals surface area (Å²) in [6.07, 6.45) is 4.36. The third kappa shape index (κ3) is 2.43. The molecule has 0 saturated heterocycles. The van der Waals surface area contributed by atoms with Crippen molar-refractivity contribution in [2.45, 2.75) is 6.92 Å². The molecule has 122 valence electrons. The van der Waals surface area contributed by atoms with Crippen LogP contribution in [-0.2, 0) is 0 Å². The Bertz CT molecular complexity index is 978. The van der Waals surface area contributed by atoms with Gasteiger partial charge in [-0.15, -0.1) is 0 Å². The van der Waals surface area contributed by atoms with Crippen LogP contribution in [0.25, 0.3) is 21.9 Å². The maximum atomic E-state index is 14.7. The smallest absolute Gasteiger partial charge is 0.334 e. The summed E-state index contributed by atoms with van der Waals surface area (Å²) in [7, 11) is 1.29. The number of halogens is 2. The molecule has 24 heavy (non-hydrogen) atoms. The summed E-state index contributed by atoms with van der Waals surface area (Å²) in [6.45, 7) is 1.52. The largest absolute Gasteiger partial charge is 0.476 e. The predicted octanol–water partition coefficient (Wildman–Crippen LogP) is 4.31. The number of nitrogens with zero attached hydrogens (tertiary/aromatic N) is 3. The van der Waals surface area contributed by atoms with Gasteiger partial charge in [-0.25, -0.2) is 9.37 Å². The van der Waals surface area contributed by atoms with E-state index in [9.17, 15) is 14.5 Å². The van der Waals surface area contributed by atoms with E-state index >= 15 is 0 Å². The molecule has 8 heteroatoms. The Morgan fingerprint density at radius 2 is 2.08 bits per heavy atom. The van der Waals surface area contributed by atoms with Gasteiger partial charge in [0.1, 0.15) is 5.82 Å². The second-order valence-corrected chi connectivity index (χ2v) is 5.44. The van der Waals surface area contributed by atoms with E-state index in [0.29, 0.717) is 10.8 Å². The molecule has 2 aromatic heterocycles. The van der Waals surface area contributed by atoms with Crippen LogP contribution in [0, 0.1) is 22.9 Å². The molecule has 0 spiro atoms. The monoisotopic (exact) mass is 347 g/mol. The number of aromatic nitrogens is 2. The van der Waals surface area contributed by atoms with Crippen molar-refractivity contribution in [1.29, 1.82) is 0 Å². The zero-order valence-corrected chi connectivity index (χ0v) is 13.5. The maximum Gasteiger partial charge on any atom is 0.334 e. The normalized spacial score (nSPS) is 10.8. The molecule has 0 aliphatic carbocycles. The number of pyridine rings is 2. The first kappa shape index (κ1) is 16.1. The van der Waals surface area contributed by atoms with E-state index in [1.807, 2.05) is 0 Å². The first-order valence-corrected chi connectivity index (χ1v) is 7.23. The second-order valence-electron chi connectivity index (χ2n) is 5.06. The van der Waals surface area contributed by atoms with Gasteiger partial charge in [0.25, 0.3) is 5.88 Å². The molecule has 1 aromatic carbocycles. The zero-order valence-electron chi connectivity index (χ0n) is 12.7. The van der Waals surface area contributed by atoms with Crippen LogP contribution in [0.3, 0.4) is 0 Å². The fourth-order valence-corrected chi connectivity index (χ4v) is 2.83. The zero-order chi connectivity index (χ0) is 17.4. The Hall–Kier alpha value is -2.80. The van der Waals surface area contributed by atoms with Crippen molar-refractivity contribution in [2.75, 3.05) is 7.11 Å². The highest BCUT2D eigenvalue weighted by atomic mass is 35.5. The Kier molecular flexibility index (Phi) is 4.02. The van der Waals surface area contributed by atoms with E-state index in [0.717, 1.165) is 0 Å². The summed E-state index contributed by atoms with van der Waals surface area (Å²) < 4.78 is 19.6. The number of hydrogen-bond donors (Lipinski definition) is 0. The topological polar surface area (TPSA) is 78.2 Å². The van der Waals surface area contributed by atoms with E-state index in [1.54, 1.807) is 18.3 Å². The molecule has 0 fully saturated rings. The molecule has 6 nitrogen and oxygen atoms in total. The first-order valence-electron chi connectivity index (χ1n) is 6.85. The van der Waals surface area contributed by atoms with Gasteiger partial charge in [0.15, 0.2) is 0 Å². The van der Waals surface area contributed by atoms with E-state index in [4.69, 9.17) is 16.3 Å². The highest BCUT2D eigenvalue weighted by molar-refractivity contribution is 6.36. The molecule has 3 aromatic rings. The van der Waals surface area contributed by atoms with Gasteiger partial charge in [-0.1, -0.05) is 11.6 Å². The molecule has 3 rings (SSSR count). The number of fused-ring (bicyclic) bond motifs is 1. The SMILES string of the molecule is COc1ncc(-c2cc3ccncc3c(Cl)c2F)c(C)c1[N+](=O)[O-]. The summed E-state index contributed by atoms with van der Waals surface area (Å²) in [6, 6.07) is 3.25. The van der Waals surface area contributed by atoms with E-state index in [-0.39, 0.29) is 33.3 Å². The third-order valence-corrected chi connectivity index (χ3v) is 4.13. The molecule has 0 saturated carbocycles. The summed E-state index contributed by atoms with van der Waals surface area (Å²) in [5, 5.41) is 12.4. The number of hydrogen-bond acceptors (Lipinski definition) is 5. The maximum absolute atomic E-state index is 14.7. The van der Waals surface area contributed by atoms with Crippen molar-refractivity contribution < 1.29 is 14.1 Å². The fraction of sp³-hybridized carbons (Fsp3) is 0.125. The lowest BCUT2D eigenvalue weighted by molar-refractivity contribution is -0.386. The van der Waals surface area contributed by atoms with Gasteiger partial charge in [-0.3, -0.25) is 15.1 Å². The Morgan fingerprint density at radius 1 is 1.33 bits per heavy atom. The third-order valence-electron chi connectivity index (χ3n) is 3.76. The highest BCUT2D eigenvalue weighted by Crippen LogP contribution is 2.39. The summed E-state index contributed by atoms with van der Waals surface area (Å²) >= 11 is 6.10. The molecule has 0 radical (unpaired) electrons. The van der Waals surface area contributed by atoms with Crippen molar-refractivity contribution in [3.05, 3.63) is 57.2 Å². The van der Waals surface area contributed by atoms with Crippen molar-refractivity contribution in [2.24, 2.45) is 0 Å². The molecule has 0 aliphatic rings. The summed E-state index contributed by atoms with van der Waals surface area (Å²) in [4.78, 5) is 18.6. The fourth-order valence-electron chi connectivity index (χ4n) is 2.57. The lowest BCUT2D eigenvalue weighted by atomic mass is 9.98. The van der Waals surface area contributed by atoms with Crippen LogP contribution >= 0.6 is 11.6 Å². The minimum Gasteiger partial charge on any atom is -0.476 e. The minimum absolute atomic E-state index is 0.0894. The van der Waals surface area contributed by atoms with Crippen molar-refractivity contribution in [3.8, 4) is 17.0 Å². The standard InChI is InChI=1S/C16H11ClFN3O3/c1-8-11(7-20-16(24-2)15(8)21(22)23)10-5-9-3-4-19-6-12(9)13(17)14(10)18/h3-7H,1-2H3. The second kappa shape index (κ2) is 6.01. The number of methoxy groups -OCH3 is 1. The van der Waals surface area contributed by atoms with Gasteiger partial charge in [0.2, 0.25) is 0 Å². The molecule has 0 aliphatic heterocycles. The van der Waals surface area contributed by atoms with E-state index in [2.05, 4.69) is 9.97 Å². The van der Waals surface area contributed by atoms with Crippen LogP contribution in [-0.4, -0.2) is 22.0 Å². The Labute approximate surface area is 141 Å². The van der Waals surface area contributed by atoms with Gasteiger partial charge in [-0.2, -0.15) is 0 Å². The van der Waals surface area contributed by atoms with Crippen molar-refractivity contribution in [1.82, 2.24) is 9.97 Å². The average Bonchev–Trinajstić information content (AvgIpc) is 2.57. The van der Waals surface area contributed by atoms with Crippen molar-refractivity contribution >= 4 is 28.1 Å². The van der Waals surface area contributed by atoms with Gasteiger partial charge >= 0.3 is 5.69 Å². The molecular formula is C16H11ClFN3O3. The van der Waals surface area contributed by atoms with Gasteiger partial charge in [-0.05, 0) is 24.4 Å². The molecule has 0 unspecified atom stereocenters. The number of rotatable bonds is 3. The van der Waals surface area contributed by atoms with Gasteiger partial charge < -0.3 is 4.74 Å². The molecule has 0 atom stereocenters. The number of nitro groups is 1. The van der Waals surface area contributed by atoms with Crippen LogP contribution < -0.4 is 4.74 Å². The number of benzene rings is 1. The predicted molar refractivity (Wildman–Crippen MR) is 87.9 cm³/mol. The van der Waals surface area contributed by atoms with Crippen LogP contribution in [0.2, 0.25) is 5.02 Å². The molecule has 2 heterocycles. The van der Waals surface area contributed by atoms with E-state index in [1.165, 1.54) is 26.4 Å². The first-order chi connectivity index (χ1) is 11.5. The molecular weight excluding hydrogens is 337 g/mol. The quantitative estimate of drug-likeness (QED) is 0.521. The Balaban J connectivity index is 2.34. The summed E-state index contributed by atoms with van der Waals surface area (Å²) in [5.41, 5.74) is 0.352. The molecule has 0 bridgehead atoms. The Morgan fingerprint density at radius 3 is 2.75 bits per heavy atom. The highest BCUT2D eigenvalue weighted by Gasteiger charge is 2.25. The van der Waals surface area contributed by atoms with Crippen LogP contribution in [0.15, 0.2) is 30.7 Å². The van der Waals surface area contributed by atoms with Crippen molar-refractivity contribution in [3.63, 3.8) is 0 Å². The average molecular weight is 348 g/mol. The summed E-state index contributed by atoms with van der Waals surface area (Å²) in [5.74, 6) is -0.806. The van der Waals surface area contributed by atoms with E-state index < -0.39 is 10.7 Å². The van der Waals surface area contributed by atoms with Gasteiger partial charge in [0, 0.05) is 40.7 Å². The molecule has 0 amide bonds. The van der Waals surface area contributed by atoms with Gasteiger partial charge in [0.05, 0.1) is 17.1 Å². The van der Waals surface area contributed by atoms with Crippen LogP contribution in [0.4, 0.5) is 10.1 Å². The minimum atomic E-state index is -0.679. The molecule has 0 N–H and O–H groups in total. The van der Waals surface area contributed by atoms with Crippen LogP contribution in [0.1, 0.15) is 5.56 Å². The lowest BCUT2D eigenvalue weighted by Crippen LogP contribution is -2.01.